The highest BCUT2D eigenvalue weighted by atomic mass is 16.5. The van der Waals surface area contributed by atoms with Crippen molar-refractivity contribution in [1.82, 2.24) is 15.1 Å². The summed E-state index contributed by atoms with van der Waals surface area (Å²) >= 11 is 0. The van der Waals surface area contributed by atoms with E-state index < -0.39 is 11.6 Å². The number of para-hydroxylation sites is 1. The third kappa shape index (κ3) is 7.09. The van der Waals surface area contributed by atoms with Gasteiger partial charge in [0, 0.05) is 12.6 Å². The lowest BCUT2D eigenvalue weighted by Crippen LogP contribution is -2.51. The molecule has 1 unspecified atom stereocenters. The number of anilines is 1. The Morgan fingerprint density at radius 2 is 1.94 bits per heavy atom. The number of methoxy groups -OCH3 is 1. The van der Waals surface area contributed by atoms with Gasteiger partial charge in [0.1, 0.15) is 12.3 Å². The van der Waals surface area contributed by atoms with E-state index in [2.05, 4.69) is 28.9 Å². The topological polar surface area (TPSA) is 105 Å². The lowest BCUT2D eigenvalue weighted by Gasteiger charge is -2.33. The number of amides is 2. The van der Waals surface area contributed by atoms with Crippen LogP contribution in [0.15, 0.2) is 62.0 Å². The SMILES string of the molecule is C=CCC(O)(CC=C)C(C)NC(=O)Cn1cc(NC(=O)CCc2ccccc2OC)cn1. The zero-order valence-electron chi connectivity index (χ0n) is 18.7. The van der Waals surface area contributed by atoms with Gasteiger partial charge in [0.25, 0.3) is 0 Å². The van der Waals surface area contributed by atoms with Crippen molar-refractivity contribution in [2.45, 2.75) is 50.8 Å². The van der Waals surface area contributed by atoms with Crippen LogP contribution >= 0.6 is 0 Å². The number of rotatable bonds is 13. The van der Waals surface area contributed by atoms with E-state index in [-0.39, 0.29) is 24.8 Å². The third-order valence-electron chi connectivity index (χ3n) is 5.22. The van der Waals surface area contributed by atoms with E-state index in [4.69, 9.17) is 4.74 Å². The maximum Gasteiger partial charge on any atom is 0.242 e. The number of aliphatic hydroxyl groups is 1. The quantitative estimate of drug-likeness (QED) is 0.416. The highest BCUT2D eigenvalue weighted by molar-refractivity contribution is 5.90. The summed E-state index contributed by atoms with van der Waals surface area (Å²) in [5.74, 6) is 0.287. The van der Waals surface area contributed by atoms with Crippen molar-refractivity contribution in [2.75, 3.05) is 12.4 Å². The van der Waals surface area contributed by atoms with Gasteiger partial charge < -0.3 is 20.5 Å². The number of hydrogen-bond donors (Lipinski definition) is 3. The maximum atomic E-state index is 12.4. The zero-order chi connectivity index (χ0) is 23.6. The average molecular weight is 441 g/mol. The van der Waals surface area contributed by atoms with Gasteiger partial charge in [-0.1, -0.05) is 30.4 Å². The molecule has 2 rings (SSSR count). The molecule has 0 aliphatic rings. The van der Waals surface area contributed by atoms with Gasteiger partial charge in [0.05, 0.1) is 30.6 Å². The number of carbonyl (C=O) groups excluding carboxylic acids is 2. The van der Waals surface area contributed by atoms with Crippen molar-refractivity contribution in [2.24, 2.45) is 0 Å². The van der Waals surface area contributed by atoms with Crippen LogP contribution in [0.5, 0.6) is 5.75 Å². The average Bonchev–Trinajstić information content (AvgIpc) is 3.19. The van der Waals surface area contributed by atoms with E-state index in [1.165, 1.54) is 10.9 Å². The van der Waals surface area contributed by atoms with Crippen LogP contribution in [0.2, 0.25) is 0 Å². The predicted molar refractivity (Wildman–Crippen MR) is 124 cm³/mol. The molecule has 8 nitrogen and oxygen atoms in total. The summed E-state index contributed by atoms with van der Waals surface area (Å²) in [6, 6.07) is 7.07. The van der Waals surface area contributed by atoms with Crippen molar-refractivity contribution in [3.8, 4) is 5.75 Å². The van der Waals surface area contributed by atoms with E-state index in [1.807, 2.05) is 24.3 Å². The molecule has 0 bridgehead atoms. The largest absolute Gasteiger partial charge is 0.496 e. The monoisotopic (exact) mass is 440 g/mol. The number of benzene rings is 1. The first kappa shape index (κ1) is 24.9. The molecule has 3 N–H and O–H groups in total. The summed E-state index contributed by atoms with van der Waals surface area (Å²) in [4.78, 5) is 24.7. The molecular weight excluding hydrogens is 408 g/mol. The second-order valence-corrected chi connectivity index (χ2v) is 7.66. The summed E-state index contributed by atoms with van der Waals surface area (Å²) in [6.07, 6.45) is 7.79. The van der Waals surface area contributed by atoms with Crippen molar-refractivity contribution >= 4 is 17.5 Å². The molecule has 1 aromatic heterocycles. The zero-order valence-corrected chi connectivity index (χ0v) is 18.7. The number of nitrogens with one attached hydrogen (secondary N) is 2. The molecule has 0 radical (unpaired) electrons. The molecule has 1 atom stereocenters. The van der Waals surface area contributed by atoms with Crippen LogP contribution in [0.4, 0.5) is 5.69 Å². The Morgan fingerprint density at radius 1 is 1.25 bits per heavy atom. The molecule has 0 aliphatic carbocycles. The van der Waals surface area contributed by atoms with Crippen LogP contribution in [0.3, 0.4) is 0 Å². The van der Waals surface area contributed by atoms with Crippen molar-refractivity contribution < 1.29 is 19.4 Å². The number of hydrogen-bond acceptors (Lipinski definition) is 5. The van der Waals surface area contributed by atoms with Crippen LogP contribution in [-0.2, 0) is 22.6 Å². The Balaban J connectivity index is 1.86. The van der Waals surface area contributed by atoms with Gasteiger partial charge in [-0.05, 0) is 37.8 Å². The fourth-order valence-electron chi connectivity index (χ4n) is 3.40. The Bertz CT molecular complexity index is 928. The highest BCUT2D eigenvalue weighted by Gasteiger charge is 2.32. The molecule has 172 valence electrons. The number of nitrogens with zero attached hydrogens (tertiary/aromatic N) is 2. The summed E-state index contributed by atoms with van der Waals surface area (Å²) in [7, 11) is 1.60. The summed E-state index contributed by atoms with van der Waals surface area (Å²) < 4.78 is 6.73. The fourth-order valence-corrected chi connectivity index (χ4v) is 3.40. The predicted octanol–water partition coefficient (Wildman–Crippen LogP) is 2.85. The first-order valence-electron chi connectivity index (χ1n) is 10.5. The van der Waals surface area contributed by atoms with Crippen LogP contribution < -0.4 is 15.4 Å². The molecule has 8 heteroatoms. The molecule has 32 heavy (non-hydrogen) atoms. The standard InChI is InChI=1S/C24H32N4O4/c1-5-13-24(31,14-6-2)18(3)26-23(30)17-28-16-20(15-25-28)27-22(29)12-11-19-9-7-8-10-21(19)32-4/h5-10,15-16,18,31H,1-2,11-14,17H2,3-4H3,(H,26,30)(H,27,29). The maximum absolute atomic E-state index is 12.4. The third-order valence-corrected chi connectivity index (χ3v) is 5.22. The lowest BCUT2D eigenvalue weighted by atomic mass is 9.88. The van der Waals surface area contributed by atoms with E-state index in [0.717, 1.165) is 11.3 Å². The van der Waals surface area contributed by atoms with Gasteiger partial charge in [-0.25, -0.2) is 0 Å². The summed E-state index contributed by atoms with van der Waals surface area (Å²) in [6.45, 7) is 9.02. The van der Waals surface area contributed by atoms with Crippen LogP contribution in [-0.4, -0.2) is 45.5 Å². The lowest BCUT2D eigenvalue weighted by molar-refractivity contribution is -0.124. The van der Waals surface area contributed by atoms with Gasteiger partial charge in [-0.3, -0.25) is 14.3 Å². The Kier molecular flexibility index (Phi) is 9.22. The van der Waals surface area contributed by atoms with E-state index >= 15 is 0 Å². The summed E-state index contributed by atoms with van der Waals surface area (Å²) in [5, 5.41) is 20.4. The number of aromatic nitrogens is 2. The molecule has 0 aliphatic heterocycles. The molecule has 0 saturated heterocycles. The molecule has 1 aromatic carbocycles. The van der Waals surface area contributed by atoms with E-state index in [1.54, 1.807) is 32.4 Å². The first-order valence-corrected chi connectivity index (χ1v) is 10.5. The van der Waals surface area contributed by atoms with E-state index in [9.17, 15) is 14.7 Å². The minimum Gasteiger partial charge on any atom is -0.496 e. The minimum atomic E-state index is -1.15. The van der Waals surface area contributed by atoms with Crippen molar-refractivity contribution in [3.05, 3.63) is 67.5 Å². The minimum absolute atomic E-state index is 0.0420. The van der Waals surface area contributed by atoms with Gasteiger partial charge in [-0.2, -0.15) is 5.10 Å². The van der Waals surface area contributed by atoms with Crippen molar-refractivity contribution in [3.63, 3.8) is 0 Å². The molecular formula is C24H32N4O4. The fraction of sp³-hybridized carbons (Fsp3) is 0.375. The van der Waals surface area contributed by atoms with Crippen molar-refractivity contribution in [1.29, 1.82) is 0 Å². The molecule has 2 aromatic rings. The summed E-state index contributed by atoms with van der Waals surface area (Å²) in [5.41, 5.74) is 0.314. The number of aryl methyl sites for hydroxylation is 1. The Morgan fingerprint density at radius 3 is 2.59 bits per heavy atom. The van der Waals surface area contributed by atoms with Crippen LogP contribution in [0.1, 0.15) is 31.7 Å². The molecule has 0 fully saturated rings. The molecule has 2 amide bonds. The van der Waals surface area contributed by atoms with Crippen LogP contribution in [0, 0.1) is 0 Å². The number of carbonyl (C=O) groups is 2. The Hall–Kier alpha value is -3.39. The van der Waals surface area contributed by atoms with Gasteiger partial charge in [0.15, 0.2) is 0 Å². The van der Waals surface area contributed by atoms with Gasteiger partial charge in [-0.15, -0.1) is 13.2 Å². The molecule has 0 saturated carbocycles. The second-order valence-electron chi connectivity index (χ2n) is 7.66. The molecule has 0 spiro atoms. The first-order chi connectivity index (χ1) is 15.3. The Labute approximate surface area is 189 Å². The normalized spacial score (nSPS) is 12.0. The van der Waals surface area contributed by atoms with Crippen LogP contribution in [0.25, 0.3) is 0 Å². The highest BCUT2D eigenvalue weighted by Crippen LogP contribution is 2.21. The van der Waals surface area contributed by atoms with Gasteiger partial charge in [0.2, 0.25) is 11.8 Å². The number of ether oxygens (including phenoxy) is 1. The molecule has 1 heterocycles. The second kappa shape index (κ2) is 11.9. The van der Waals surface area contributed by atoms with E-state index in [0.29, 0.717) is 24.9 Å². The smallest absolute Gasteiger partial charge is 0.242 e. The van der Waals surface area contributed by atoms with Gasteiger partial charge >= 0.3 is 0 Å².